The summed E-state index contributed by atoms with van der Waals surface area (Å²) in [6, 6.07) is 0.418. The standard InChI is InChI=1S/C13H21N3O.C2HF3O2/c1-10-13-14-7-12(9-17-8-11-3-4-11)16(13)6-5-15(10)2;3-2(4,5)1(6)7/h7,10-11H,3-6,8-9H2,1-2H3;(H,6,7). The lowest BCUT2D eigenvalue weighted by Gasteiger charge is -2.31. The Kier molecular flexibility index (Phi) is 5.87. The number of halogens is 3. The first kappa shape index (κ1) is 18.7. The molecule has 1 aromatic heterocycles. The van der Waals surface area contributed by atoms with Gasteiger partial charge in [-0.05, 0) is 32.7 Å². The molecule has 6 nitrogen and oxygen atoms in total. The summed E-state index contributed by atoms with van der Waals surface area (Å²) < 4.78 is 39.8. The minimum absolute atomic E-state index is 0.418. The number of rotatable bonds is 4. The molecule has 1 aromatic rings. The van der Waals surface area contributed by atoms with Gasteiger partial charge in [-0.3, -0.25) is 4.90 Å². The van der Waals surface area contributed by atoms with Gasteiger partial charge in [0.1, 0.15) is 5.82 Å². The van der Waals surface area contributed by atoms with E-state index in [-0.39, 0.29) is 0 Å². The summed E-state index contributed by atoms with van der Waals surface area (Å²) in [5.74, 6) is -0.736. The molecule has 0 bridgehead atoms. The molecule has 1 atom stereocenters. The van der Waals surface area contributed by atoms with Crippen molar-refractivity contribution in [1.29, 1.82) is 0 Å². The number of fused-ring (bicyclic) bond motifs is 1. The highest BCUT2D eigenvalue weighted by Gasteiger charge is 2.38. The molecule has 1 fully saturated rings. The Bertz CT molecular complexity index is 570. The van der Waals surface area contributed by atoms with Crippen molar-refractivity contribution >= 4 is 5.97 Å². The second kappa shape index (κ2) is 7.52. The normalized spacial score (nSPS) is 21.0. The maximum atomic E-state index is 10.6. The number of likely N-dealkylation sites (N-methyl/N-ethyl adjacent to an activating group) is 1. The van der Waals surface area contributed by atoms with Crippen LogP contribution in [-0.4, -0.2) is 51.9 Å². The molecule has 136 valence electrons. The lowest BCUT2D eigenvalue weighted by atomic mass is 10.2. The molecule has 1 aliphatic carbocycles. The number of nitrogens with zero attached hydrogens (tertiary/aromatic N) is 3. The van der Waals surface area contributed by atoms with Gasteiger partial charge in [-0.2, -0.15) is 13.2 Å². The van der Waals surface area contributed by atoms with Crippen molar-refractivity contribution in [2.45, 2.75) is 45.1 Å². The van der Waals surface area contributed by atoms with E-state index in [1.54, 1.807) is 0 Å². The largest absolute Gasteiger partial charge is 0.490 e. The van der Waals surface area contributed by atoms with Crippen LogP contribution in [0.3, 0.4) is 0 Å². The van der Waals surface area contributed by atoms with Gasteiger partial charge in [0.15, 0.2) is 0 Å². The van der Waals surface area contributed by atoms with Crippen LogP contribution in [0.15, 0.2) is 6.20 Å². The van der Waals surface area contributed by atoms with E-state index < -0.39 is 12.1 Å². The minimum Gasteiger partial charge on any atom is -0.475 e. The molecule has 0 radical (unpaired) electrons. The van der Waals surface area contributed by atoms with E-state index in [1.807, 2.05) is 6.20 Å². The zero-order valence-corrected chi connectivity index (χ0v) is 13.7. The van der Waals surface area contributed by atoms with Crippen LogP contribution < -0.4 is 0 Å². The van der Waals surface area contributed by atoms with Crippen molar-refractivity contribution in [3.63, 3.8) is 0 Å². The zero-order valence-electron chi connectivity index (χ0n) is 13.7. The van der Waals surface area contributed by atoms with Crippen molar-refractivity contribution < 1.29 is 27.8 Å². The molecule has 0 saturated heterocycles. The third-order valence-corrected chi connectivity index (χ3v) is 4.22. The Morgan fingerprint density at radius 2 is 2.04 bits per heavy atom. The first-order valence-corrected chi connectivity index (χ1v) is 7.82. The number of imidazole rings is 1. The van der Waals surface area contributed by atoms with Gasteiger partial charge in [-0.1, -0.05) is 0 Å². The van der Waals surface area contributed by atoms with Gasteiger partial charge in [-0.15, -0.1) is 0 Å². The van der Waals surface area contributed by atoms with E-state index in [0.29, 0.717) is 6.04 Å². The van der Waals surface area contributed by atoms with Crippen LogP contribution in [0.4, 0.5) is 13.2 Å². The number of carboxylic acid groups (broad SMARTS) is 1. The number of ether oxygens (including phenoxy) is 1. The van der Waals surface area contributed by atoms with Crippen molar-refractivity contribution in [2.24, 2.45) is 5.92 Å². The van der Waals surface area contributed by atoms with Gasteiger partial charge in [0.2, 0.25) is 0 Å². The van der Waals surface area contributed by atoms with Gasteiger partial charge in [0.25, 0.3) is 0 Å². The molecule has 9 heteroatoms. The fraction of sp³-hybridized carbons (Fsp3) is 0.733. The Morgan fingerprint density at radius 1 is 1.42 bits per heavy atom. The molecule has 0 amide bonds. The Balaban J connectivity index is 0.000000256. The highest BCUT2D eigenvalue weighted by molar-refractivity contribution is 5.73. The third-order valence-electron chi connectivity index (χ3n) is 4.22. The smallest absolute Gasteiger partial charge is 0.475 e. The monoisotopic (exact) mass is 349 g/mol. The second-order valence-corrected chi connectivity index (χ2v) is 6.18. The van der Waals surface area contributed by atoms with Gasteiger partial charge in [0.05, 0.1) is 24.5 Å². The second-order valence-electron chi connectivity index (χ2n) is 6.18. The number of hydrogen-bond donors (Lipinski definition) is 1. The van der Waals surface area contributed by atoms with Crippen molar-refractivity contribution in [3.8, 4) is 0 Å². The molecule has 1 aliphatic heterocycles. The van der Waals surface area contributed by atoms with Gasteiger partial charge in [-0.25, -0.2) is 9.78 Å². The van der Waals surface area contributed by atoms with E-state index in [1.165, 1.54) is 24.4 Å². The quantitative estimate of drug-likeness (QED) is 0.904. The molecule has 1 unspecified atom stereocenters. The van der Waals surface area contributed by atoms with E-state index in [2.05, 4.69) is 28.4 Å². The molecule has 2 heterocycles. The average molecular weight is 349 g/mol. The molecule has 1 N–H and O–H groups in total. The summed E-state index contributed by atoms with van der Waals surface area (Å²) in [5, 5.41) is 7.12. The Hall–Kier alpha value is -1.61. The van der Waals surface area contributed by atoms with E-state index in [9.17, 15) is 13.2 Å². The fourth-order valence-corrected chi connectivity index (χ4v) is 2.40. The molecule has 0 spiro atoms. The topological polar surface area (TPSA) is 67.6 Å². The van der Waals surface area contributed by atoms with Crippen LogP contribution in [0.5, 0.6) is 0 Å². The number of aliphatic carboxylic acids is 1. The Morgan fingerprint density at radius 3 is 2.58 bits per heavy atom. The number of alkyl halides is 3. The third kappa shape index (κ3) is 4.94. The first-order chi connectivity index (χ1) is 11.2. The maximum absolute atomic E-state index is 10.6. The van der Waals surface area contributed by atoms with Gasteiger partial charge >= 0.3 is 12.1 Å². The first-order valence-electron chi connectivity index (χ1n) is 7.82. The van der Waals surface area contributed by atoms with Crippen molar-refractivity contribution in [2.75, 3.05) is 20.2 Å². The van der Waals surface area contributed by atoms with Gasteiger partial charge in [0, 0.05) is 19.7 Å². The van der Waals surface area contributed by atoms with E-state index in [4.69, 9.17) is 14.6 Å². The zero-order chi connectivity index (χ0) is 17.9. The summed E-state index contributed by atoms with van der Waals surface area (Å²) in [7, 11) is 2.16. The molecule has 1 saturated carbocycles. The van der Waals surface area contributed by atoms with Gasteiger partial charge < -0.3 is 14.4 Å². The molecular weight excluding hydrogens is 327 g/mol. The van der Waals surface area contributed by atoms with Crippen LogP contribution in [-0.2, 0) is 22.7 Å². The predicted molar refractivity (Wildman–Crippen MR) is 79.3 cm³/mol. The number of carboxylic acids is 1. The molecule has 2 aliphatic rings. The molecule has 3 rings (SSSR count). The summed E-state index contributed by atoms with van der Waals surface area (Å²) in [5.41, 5.74) is 1.24. The molecule has 0 aromatic carbocycles. The van der Waals surface area contributed by atoms with Crippen molar-refractivity contribution in [1.82, 2.24) is 14.5 Å². The Labute approximate surface area is 138 Å². The van der Waals surface area contributed by atoms with Crippen LogP contribution in [0.2, 0.25) is 0 Å². The van der Waals surface area contributed by atoms with E-state index in [0.717, 1.165) is 32.2 Å². The lowest BCUT2D eigenvalue weighted by Crippen LogP contribution is -2.34. The number of hydrogen-bond acceptors (Lipinski definition) is 4. The summed E-state index contributed by atoms with van der Waals surface area (Å²) in [6.45, 7) is 6.00. The average Bonchev–Trinajstić information content (AvgIpc) is 3.22. The summed E-state index contributed by atoms with van der Waals surface area (Å²) in [6.07, 6.45) is -0.392. The van der Waals surface area contributed by atoms with Crippen LogP contribution in [0.1, 0.15) is 37.3 Å². The lowest BCUT2D eigenvalue weighted by molar-refractivity contribution is -0.192. The molecule has 24 heavy (non-hydrogen) atoms. The van der Waals surface area contributed by atoms with E-state index >= 15 is 0 Å². The SMILES string of the molecule is CC1c2ncc(COCC3CC3)n2CCN1C.O=C(O)C(F)(F)F. The molecular formula is C15H22F3N3O3. The highest BCUT2D eigenvalue weighted by Crippen LogP contribution is 2.29. The fourth-order valence-electron chi connectivity index (χ4n) is 2.40. The van der Waals surface area contributed by atoms with Crippen LogP contribution in [0.25, 0.3) is 0 Å². The summed E-state index contributed by atoms with van der Waals surface area (Å²) >= 11 is 0. The minimum atomic E-state index is -5.08. The maximum Gasteiger partial charge on any atom is 0.490 e. The number of carbonyl (C=O) groups is 1. The predicted octanol–water partition coefficient (Wildman–Crippen LogP) is 2.45. The summed E-state index contributed by atoms with van der Waals surface area (Å²) in [4.78, 5) is 15.8. The number of aromatic nitrogens is 2. The van der Waals surface area contributed by atoms with Crippen LogP contribution >= 0.6 is 0 Å². The van der Waals surface area contributed by atoms with Crippen molar-refractivity contribution in [3.05, 3.63) is 17.7 Å². The highest BCUT2D eigenvalue weighted by atomic mass is 19.4. The van der Waals surface area contributed by atoms with Crippen LogP contribution in [0, 0.1) is 5.92 Å².